The van der Waals surface area contributed by atoms with Crippen LogP contribution in [0.2, 0.25) is 5.02 Å². The van der Waals surface area contributed by atoms with Gasteiger partial charge in [-0.3, -0.25) is 0 Å². The van der Waals surface area contributed by atoms with Crippen molar-refractivity contribution in [2.45, 2.75) is 13.8 Å². The highest BCUT2D eigenvalue weighted by atomic mass is 35.5. The molecule has 0 saturated carbocycles. The Hall–Kier alpha value is -1.67. The van der Waals surface area contributed by atoms with Gasteiger partial charge in [-0.2, -0.15) is 0 Å². The van der Waals surface area contributed by atoms with Crippen LogP contribution < -0.4 is 10.5 Å². The average Bonchev–Trinajstić information content (AvgIpc) is 2.29. The van der Waals surface area contributed by atoms with E-state index < -0.39 is 0 Å². The van der Waals surface area contributed by atoms with Crippen LogP contribution in [0.5, 0.6) is 11.5 Å². The lowest BCUT2D eigenvalue weighted by molar-refractivity contribution is 0.482. The Morgan fingerprint density at radius 2 is 1.82 bits per heavy atom. The third-order valence-corrected chi connectivity index (χ3v) is 2.87. The molecule has 0 aliphatic heterocycles. The Morgan fingerprint density at radius 1 is 1.06 bits per heavy atom. The van der Waals surface area contributed by atoms with Gasteiger partial charge in [0.1, 0.15) is 11.5 Å². The van der Waals surface area contributed by atoms with Crippen molar-refractivity contribution in [3.8, 4) is 11.5 Å². The number of hydrogen-bond acceptors (Lipinski definition) is 2. The SMILES string of the molecule is Cc1ccc(Cl)c(Oc2ccc(N)c(C)c2)c1. The van der Waals surface area contributed by atoms with E-state index in [0.717, 1.165) is 22.6 Å². The van der Waals surface area contributed by atoms with Gasteiger partial charge in [-0.1, -0.05) is 17.7 Å². The first-order valence-corrected chi connectivity index (χ1v) is 5.74. The minimum atomic E-state index is 0.602. The van der Waals surface area contributed by atoms with Crippen LogP contribution in [-0.4, -0.2) is 0 Å². The summed E-state index contributed by atoms with van der Waals surface area (Å²) in [6, 6.07) is 11.2. The van der Waals surface area contributed by atoms with Crippen LogP contribution in [0, 0.1) is 13.8 Å². The molecule has 0 heterocycles. The van der Waals surface area contributed by atoms with Crippen molar-refractivity contribution >= 4 is 17.3 Å². The van der Waals surface area contributed by atoms with Crippen LogP contribution in [-0.2, 0) is 0 Å². The number of benzene rings is 2. The number of ether oxygens (including phenoxy) is 1. The van der Waals surface area contributed by atoms with Gasteiger partial charge in [0, 0.05) is 5.69 Å². The Morgan fingerprint density at radius 3 is 2.53 bits per heavy atom. The minimum Gasteiger partial charge on any atom is -0.456 e. The van der Waals surface area contributed by atoms with Gasteiger partial charge in [-0.05, 0) is 55.3 Å². The number of nitrogen functional groups attached to an aromatic ring is 1. The molecule has 0 aliphatic rings. The molecule has 3 heteroatoms. The topological polar surface area (TPSA) is 35.2 Å². The molecule has 0 fully saturated rings. The molecule has 2 N–H and O–H groups in total. The number of halogens is 1. The van der Waals surface area contributed by atoms with E-state index in [0.29, 0.717) is 10.8 Å². The summed E-state index contributed by atoms with van der Waals surface area (Å²) in [5, 5.41) is 0.602. The molecule has 0 spiro atoms. The molecule has 2 aromatic rings. The largest absolute Gasteiger partial charge is 0.456 e. The van der Waals surface area contributed by atoms with E-state index in [1.165, 1.54) is 0 Å². The van der Waals surface area contributed by atoms with E-state index in [4.69, 9.17) is 22.1 Å². The molecule has 2 rings (SSSR count). The van der Waals surface area contributed by atoms with E-state index in [1.54, 1.807) is 0 Å². The van der Waals surface area contributed by atoms with Crippen molar-refractivity contribution < 1.29 is 4.74 Å². The first-order valence-electron chi connectivity index (χ1n) is 5.36. The predicted molar refractivity (Wildman–Crippen MR) is 71.9 cm³/mol. The van der Waals surface area contributed by atoms with Gasteiger partial charge in [0.2, 0.25) is 0 Å². The summed E-state index contributed by atoms with van der Waals surface area (Å²) in [7, 11) is 0. The highest BCUT2D eigenvalue weighted by Crippen LogP contribution is 2.31. The fraction of sp³-hybridized carbons (Fsp3) is 0.143. The van der Waals surface area contributed by atoms with Crippen molar-refractivity contribution in [1.82, 2.24) is 0 Å². The average molecular weight is 248 g/mol. The third-order valence-electron chi connectivity index (χ3n) is 2.56. The van der Waals surface area contributed by atoms with Gasteiger partial charge in [0.05, 0.1) is 5.02 Å². The van der Waals surface area contributed by atoms with Gasteiger partial charge in [-0.25, -0.2) is 0 Å². The summed E-state index contributed by atoms with van der Waals surface area (Å²) in [5.41, 5.74) is 8.61. The molecule has 0 amide bonds. The monoisotopic (exact) mass is 247 g/mol. The zero-order valence-electron chi connectivity index (χ0n) is 9.83. The molecular weight excluding hydrogens is 234 g/mol. The van der Waals surface area contributed by atoms with Crippen molar-refractivity contribution in [1.29, 1.82) is 0 Å². The smallest absolute Gasteiger partial charge is 0.146 e. The van der Waals surface area contributed by atoms with Gasteiger partial charge >= 0.3 is 0 Å². The fourth-order valence-corrected chi connectivity index (χ4v) is 1.68. The molecule has 0 saturated heterocycles. The van der Waals surface area contributed by atoms with Crippen LogP contribution in [0.15, 0.2) is 36.4 Å². The second kappa shape index (κ2) is 4.68. The van der Waals surface area contributed by atoms with E-state index in [9.17, 15) is 0 Å². The lowest BCUT2D eigenvalue weighted by Crippen LogP contribution is -1.91. The summed E-state index contributed by atoms with van der Waals surface area (Å²) >= 11 is 6.07. The van der Waals surface area contributed by atoms with Crippen molar-refractivity contribution in [3.05, 3.63) is 52.5 Å². The van der Waals surface area contributed by atoms with Crippen LogP contribution in [0.3, 0.4) is 0 Å². The van der Waals surface area contributed by atoms with Crippen molar-refractivity contribution in [3.63, 3.8) is 0 Å². The number of rotatable bonds is 2. The summed E-state index contributed by atoms with van der Waals surface area (Å²) in [6.07, 6.45) is 0. The second-order valence-corrected chi connectivity index (χ2v) is 4.46. The molecule has 17 heavy (non-hydrogen) atoms. The summed E-state index contributed by atoms with van der Waals surface area (Å²) in [4.78, 5) is 0. The minimum absolute atomic E-state index is 0.602. The lowest BCUT2D eigenvalue weighted by Gasteiger charge is -2.09. The Bertz CT molecular complexity index is 552. The maximum atomic E-state index is 6.07. The lowest BCUT2D eigenvalue weighted by atomic mass is 10.2. The van der Waals surface area contributed by atoms with Crippen LogP contribution in [0.1, 0.15) is 11.1 Å². The maximum absolute atomic E-state index is 6.07. The van der Waals surface area contributed by atoms with Crippen molar-refractivity contribution in [2.75, 3.05) is 5.73 Å². The first kappa shape index (κ1) is 11.8. The quantitative estimate of drug-likeness (QED) is 0.802. The predicted octanol–water partition coefficient (Wildman–Crippen LogP) is 4.33. The van der Waals surface area contributed by atoms with E-state index in [2.05, 4.69) is 0 Å². The zero-order valence-corrected chi connectivity index (χ0v) is 10.6. The molecule has 2 nitrogen and oxygen atoms in total. The van der Waals surface area contributed by atoms with Crippen LogP contribution >= 0.6 is 11.6 Å². The Kier molecular flexibility index (Phi) is 3.25. The fourth-order valence-electron chi connectivity index (χ4n) is 1.53. The van der Waals surface area contributed by atoms with Crippen LogP contribution in [0.4, 0.5) is 5.69 Å². The number of hydrogen-bond donors (Lipinski definition) is 1. The number of aryl methyl sites for hydroxylation is 2. The molecule has 0 aromatic heterocycles. The molecule has 0 bridgehead atoms. The summed E-state index contributed by atoms with van der Waals surface area (Å²) in [6.45, 7) is 3.94. The van der Waals surface area contributed by atoms with Gasteiger partial charge in [-0.15, -0.1) is 0 Å². The number of anilines is 1. The number of nitrogens with two attached hydrogens (primary N) is 1. The molecular formula is C14H14ClNO. The summed E-state index contributed by atoms with van der Waals surface area (Å²) in [5.74, 6) is 1.40. The second-order valence-electron chi connectivity index (χ2n) is 4.05. The molecule has 88 valence electrons. The zero-order chi connectivity index (χ0) is 12.4. The highest BCUT2D eigenvalue weighted by molar-refractivity contribution is 6.32. The maximum Gasteiger partial charge on any atom is 0.146 e. The Balaban J connectivity index is 2.31. The van der Waals surface area contributed by atoms with E-state index >= 15 is 0 Å². The van der Waals surface area contributed by atoms with Crippen molar-refractivity contribution in [2.24, 2.45) is 0 Å². The normalized spacial score (nSPS) is 10.3. The summed E-state index contributed by atoms with van der Waals surface area (Å²) < 4.78 is 5.74. The molecule has 2 aromatic carbocycles. The molecule has 0 radical (unpaired) electrons. The van der Waals surface area contributed by atoms with Gasteiger partial charge in [0.25, 0.3) is 0 Å². The van der Waals surface area contributed by atoms with Crippen LogP contribution in [0.25, 0.3) is 0 Å². The molecule has 0 unspecified atom stereocenters. The molecule has 0 aliphatic carbocycles. The van der Waals surface area contributed by atoms with E-state index in [-0.39, 0.29) is 0 Å². The van der Waals surface area contributed by atoms with Gasteiger partial charge < -0.3 is 10.5 Å². The Labute approximate surface area is 106 Å². The standard InChI is InChI=1S/C14H14ClNO/c1-9-3-5-12(15)14(7-9)17-11-4-6-13(16)10(2)8-11/h3-8H,16H2,1-2H3. The van der Waals surface area contributed by atoms with E-state index in [1.807, 2.05) is 50.2 Å². The molecule has 0 atom stereocenters. The first-order chi connectivity index (χ1) is 8.06. The highest BCUT2D eigenvalue weighted by Gasteiger charge is 2.04. The third kappa shape index (κ3) is 2.71. The van der Waals surface area contributed by atoms with Gasteiger partial charge in [0.15, 0.2) is 0 Å².